The van der Waals surface area contributed by atoms with Crippen LogP contribution in [0, 0.1) is 6.92 Å². The van der Waals surface area contributed by atoms with Crippen molar-refractivity contribution in [3.05, 3.63) is 21.9 Å². The minimum Gasteiger partial charge on any atom is -0.370 e. The van der Waals surface area contributed by atoms with Crippen LogP contribution in [0.5, 0.6) is 0 Å². The summed E-state index contributed by atoms with van der Waals surface area (Å²) < 4.78 is 23.5. The van der Waals surface area contributed by atoms with Gasteiger partial charge < -0.3 is 5.73 Å². The smallest absolute Gasteiger partial charge is 0.218 e. The Kier molecular flexibility index (Phi) is 6.16. The molecule has 20 heavy (non-hydrogen) atoms. The third kappa shape index (κ3) is 5.60. The van der Waals surface area contributed by atoms with Crippen LogP contribution in [0.25, 0.3) is 0 Å². The number of nitrogens with zero attached hydrogens (tertiary/aromatic N) is 1. The van der Waals surface area contributed by atoms with Gasteiger partial charge in [-0.05, 0) is 33.0 Å². The van der Waals surface area contributed by atoms with Crippen molar-refractivity contribution in [2.24, 2.45) is 5.73 Å². The Hall–Kier alpha value is -0.920. The Labute approximate surface area is 124 Å². The van der Waals surface area contributed by atoms with Crippen LogP contribution in [-0.2, 0) is 14.6 Å². The van der Waals surface area contributed by atoms with Crippen LogP contribution in [0.15, 0.2) is 12.1 Å². The first-order valence-electron chi connectivity index (χ1n) is 6.46. The molecule has 0 bridgehead atoms. The highest BCUT2D eigenvalue weighted by molar-refractivity contribution is 7.91. The maximum Gasteiger partial charge on any atom is 0.218 e. The zero-order chi connectivity index (χ0) is 15.3. The molecule has 1 aromatic rings. The van der Waals surface area contributed by atoms with Crippen LogP contribution in [0.2, 0.25) is 0 Å². The molecule has 0 aliphatic rings. The van der Waals surface area contributed by atoms with E-state index < -0.39 is 15.7 Å². The second-order valence-electron chi connectivity index (χ2n) is 4.97. The molecule has 2 N–H and O–H groups in total. The number of aryl methyl sites for hydroxylation is 1. The van der Waals surface area contributed by atoms with Gasteiger partial charge in [-0.2, -0.15) is 0 Å². The predicted molar refractivity (Wildman–Crippen MR) is 82.6 cm³/mol. The standard InChI is InChI=1S/C13H22N2O3S2/c1-10-4-5-12(19-10)11(2)15(3)7-9-20(17,18)8-6-13(14)16/h4-5,11H,6-9H2,1-3H3,(H2,14,16)/t11-/m1/s1. The van der Waals surface area contributed by atoms with E-state index in [-0.39, 0.29) is 24.0 Å². The zero-order valence-electron chi connectivity index (χ0n) is 12.1. The molecule has 1 amide bonds. The fourth-order valence-electron chi connectivity index (χ4n) is 1.73. The van der Waals surface area contributed by atoms with Gasteiger partial charge in [-0.1, -0.05) is 0 Å². The van der Waals surface area contributed by atoms with Crippen molar-refractivity contribution in [2.45, 2.75) is 26.3 Å². The van der Waals surface area contributed by atoms with Gasteiger partial charge in [0.05, 0.1) is 11.5 Å². The monoisotopic (exact) mass is 318 g/mol. The van der Waals surface area contributed by atoms with E-state index >= 15 is 0 Å². The number of carbonyl (C=O) groups excluding carboxylic acids is 1. The molecular formula is C13H22N2O3S2. The summed E-state index contributed by atoms with van der Waals surface area (Å²) in [6, 6.07) is 4.32. The van der Waals surface area contributed by atoms with Gasteiger partial charge in [0.2, 0.25) is 5.91 Å². The molecule has 1 aromatic heterocycles. The number of amides is 1. The minimum atomic E-state index is -3.22. The number of hydrogen-bond donors (Lipinski definition) is 1. The van der Waals surface area contributed by atoms with E-state index in [9.17, 15) is 13.2 Å². The molecule has 7 heteroatoms. The van der Waals surface area contributed by atoms with E-state index in [1.165, 1.54) is 9.75 Å². The number of nitrogens with two attached hydrogens (primary N) is 1. The highest BCUT2D eigenvalue weighted by Crippen LogP contribution is 2.26. The van der Waals surface area contributed by atoms with E-state index in [0.717, 1.165) is 0 Å². The van der Waals surface area contributed by atoms with Crippen LogP contribution in [-0.4, -0.2) is 44.3 Å². The molecule has 0 aromatic carbocycles. The van der Waals surface area contributed by atoms with Gasteiger partial charge >= 0.3 is 0 Å². The van der Waals surface area contributed by atoms with Gasteiger partial charge in [-0.15, -0.1) is 11.3 Å². The predicted octanol–water partition coefficient (Wildman–Crippen LogP) is 1.34. The highest BCUT2D eigenvalue weighted by atomic mass is 32.2. The van der Waals surface area contributed by atoms with Crippen molar-refractivity contribution in [3.8, 4) is 0 Å². The molecule has 0 spiro atoms. The normalized spacial score (nSPS) is 13.6. The van der Waals surface area contributed by atoms with Crippen LogP contribution in [0.3, 0.4) is 0 Å². The van der Waals surface area contributed by atoms with E-state index in [2.05, 4.69) is 26.0 Å². The quantitative estimate of drug-likeness (QED) is 0.784. The van der Waals surface area contributed by atoms with E-state index in [1.54, 1.807) is 11.3 Å². The van der Waals surface area contributed by atoms with Crippen LogP contribution >= 0.6 is 11.3 Å². The van der Waals surface area contributed by atoms with Crippen molar-refractivity contribution in [1.29, 1.82) is 0 Å². The van der Waals surface area contributed by atoms with Crippen molar-refractivity contribution in [1.82, 2.24) is 4.90 Å². The summed E-state index contributed by atoms with van der Waals surface area (Å²) in [6.45, 7) is 4.55. The topological polar surface area (TPSA) is 80.5 Å². The van der Waals surface area contributed by atoms with E-state index in [4.69, 9.17) is 5.73 Å². The van der Waals surface area contributed by atoms with Crippen molar-refractivity contribution in [3.63, 3.8) is 0 Å². The summed E-state index contributed by atoms with van der Waals surface area (Å²) in [7, 11) is -1.32. The van der Waals surface area contributed by atoms with E-state index in [1.807, 2.05) is 11.9 Å². The lowest BCUT2D eigenvalue weighted by Gasteiger charge is -2.23. The number of sulfone groups is 1. The van der Waals surface area contributed by atoms with Crippen molar-refractivity contribution in [2.75, 3.05) is 25.1 Å². The third-order valence-corrected chi connectivity index (χ3v) is 6.05. The summed E-state index contributed by atoms with van der Waals surface area (Å²) in [6.07, 6.45) is -0.105. The summed E-state index contributed by atoms with van der Waals surface area (Å²) in [5.41, 5.74) is 4.97. The molecule has 114 valence electrons. The average Bonchev–Trinajstić information content (AvgIpc) is 2.79. The highest BCUT2D eigenvalue weighted by Gasteiger charge is 2.17. The second kappa shape index (κ2) is 7.19. The Morgan fingerprint density at radius 2 is 2.05 bits per heavy atom. The SMILES string of the molecule is Cc1ccc([C@@H](C)N(C)CCS(=O)(=O)CCC(N)=O)s1. The van der Waals surface area contributed by atoms with E-state index in [0.29, 0.717) is 6.54 Å². The molecule has 0 saturated heterocycles. The molecule has 0 saturated carbocycles. The van der Waals surface area contributed by atoms with Crippen molar-refractivity contribution < 1.29 is 13.2 Å². The Balaban J connectivity index is 2.50. The maximum absolute atomic E-state index is 11.8. The summed E-state index contributed by atoms with van der Waals surface area (Å²) in [4.78, 5) is 15.1. The third-order valence-electron chi connectivity index (χ3n) is 3.25. The lowest BCUT2D eigenvalue weighted by Crippen LogP contribution is -2.29. The van der Waals surface area contributed by atoms with Crippen LogP contribution in [0.1, 0.15) is 29.1 Å². The Morgan fingerprint density at radius 3 is 2.55 bits per heavy atom. The van der Waals surface area contributed by atoms with Gasteiger partial charge in [0.25, 0.3) is 0 Å². The van der Waals surface area contributed by atoms with Crippen LogP contribution < -0.4 is 5.73 Å². The number of rotatable bonds is 8. The van der Waals surface area contributed by atoms with Gasteiger partial charge in [0.1, 0.15) is 0 Å². The average molecular weight is 318 g/mol. The van der Waals surface area contributed by atoms with Gasteiger partial charge in [-0.25, -0.2) is 8.42 Å². The molecular weight excluding hydrogens is 296 g/mol. The summed E-state index contributed by atoms with van der Waals surface area (Å²) >= 11 is 1.72. The first-order valence-corrected chi connectivity index (χ1v) is 9.10. The molecule has 5 nitrogen and oxygen atoms in total. The molecule has 0 fully saturated rings. The van der Waals surface area contributed by atoms with Gasteiger partial charge in [0, 0.05) is 28.8 Å². The zero-order valence-corrected chi connectivity index (χ0v) is 13.8. The largest absolute Gasteiger partial charge is 0.370 e. The maximum atomic E-state index is 11.8. The fraction of sp³-hybridized carbons (Fsp3) is 0.615. The van der Waals surface area contributed by atoms with Crippen LogP contribution in [0.4, 0.5) is 0 Å². The second-order valence-corrected chi connectivity index (χ2v) is 8.60. The van der Waals surface area contributed by atoms with Crippen molar-refractivity contribution >= 4 is 27.1 Å². The van der Waals surface area contributed by atoms with Gasteiger partial charge in [0.15, 0.2) is 9.84 Å². The first kappa shape index (κ1) is 17.1. The lowest BCUT2D eigenvalue weighted by atomic mass is 10.2. The number of carbonyl (C=O) groups is 1. The molecule has 0 aliphatic heterocycles. The summed E-state index contributed by atoms with van der Waals surface area (Å²) in [5.74, 6) is -0.696. The molecule has 1 rings (SSSR count). The molecule has 1 atom stereocenters. The van der Waals surface area contributed by atoms with Gasteiger partial charge in [-0.3, -0.25) is 9.69 Å². The Morgan fingerprint density at radius 1 is 1.40 bits per heavy atom. The lowest BCUT2D eigenvalue weighted by molar-refractivity contribution is -0.117. The molecule has 1 heterocycles. The number of primary amides is 1. The fourth-order valence-corrected chi connectivity index (χ4v) is 4.01. The molecule has 0 unspecified atom stereocenters. The Bertz CT molecular complexity index is 552. The number of hydrogen-bond acceptors (Lipinski definition) is 5. The number of thiophene rings is 1. The summed E-state index contributed by atoms with van der Waals surface area (Å²) in [5, 5.41) is 0. The molecule has 0 radical (unpaired) electrons. The first-order chi connectivity index (χ1) is 9.21. The minimum absolute atomic E-state index is 0.0471. The molecule has 0 aliphatic carbocycles.